The molecule has 0 spiro atoms. The van der Waals surface area contributed by atoms with Gasteiger partial charge in [0, 0.05) is 23.4 Å². The van der Waals surface area contributed by atoms with Crippen LogP contribution in [0.1, 0.15) is 21.8 Å². The van der Waals surface area contributed by atoms with Crippen LogP contribution < -0.4 is 10.6 Å². The van der Waals surface area contributed by atoms with Gasteiger partial charge in [-0.05, 0) is 31.2 Å². The fraction of sp³-hybridized carbons (Fsp3) is 0.111. The number of carbonyl (C=O) groups excluding carboxylic acids is 1. The number of nitro benzene ring substituents is 1. The lowest BCUT2D eigenvalue weighted by molar-refractivity contribution is -0.383. The number of nitrogens with one attached hydrogen (secondary N) is 2. The zero-order valence-corrected chi connectivity index (χ0v) is 13.9. The molecule has 2 N–H and O–H groups in total. The molecule has 3 rings (SSSR count). The Morgan fingerprint density at radius 1 is 1.19 bits per heavy atom. The van der Waals surface area contributed by atoms with Gasteiger partial charge in [-0.25, -0.2) is 0 Å². The van der Waals surface area contributed by atoms with Crippen LogP contribution in [0, 0.1) is 17.0 Å². The van der Waals surface area contributed by atoms with E-state index in [-0.39, 0.29) is 17.8 Å². The van der Waals surface area contributed by atoms with E-state index >= 15 is 0 Å². The summed E-state index contributed by atoms with van der Waals surface area (Å²) in [4.78, 5) is 23.1. The summed E-state index contributed by atoms with van der Waals surface area (Å²) < 4.78 is 4.93. The molecule has 0 aliphatic rings. The molecule has 0 fully saturated rings. The first-order valence-electron chi connectivity index (χ1n) is 7.84. The van der Waals surface area contributed by atoms with Crippen LogP contribution in [-0.2, 0) is 6.54 Å². The summed E-state index contributed by atoms with van der Waals surface area (Å²) >= 11 is 0. The van der Waals surface area contributed by atoms with Crippen LogP contribution in [0.2, 0.25) is 0 Å². The van der Waals surface area contributed by atoms with E-state index < -0.39 is 10.8 Å². The molecule has 0 unspecified atom stereocenters. The van der Waals surface area contributed by atoms with Crippen molar-refractivity contribution < 1.29 is 14.2 Å². The van der Waals surface area contributed by atoms with Crippen molar-refractivity contribution in [3.63, 3.8) is 0 Å². The first-order chi connectivity index (χ1) is 12.5. The van der Waals surface area contributed by atoms with Crippen LogP contribution in [0.4, 0.5) is 17.1 Å². The molecule has 0 radical (unpaired) electrons. The number of para-hydroxylation sites is 1. The van der Waals surface area contributed by atoms with Gasteiger partial charge < -0.3 is 15.2 Å². The van der Waals surface area contributed by atoms with Gasteiger partial charge in [-0.2, -0.15) is 0 Å². The Kier molecular flexibility index (Phi) is 4.93. The molecule has 132 valence electrons. The maximum absolute atomic E-state index is 12.3. The monoisotopic (exact) mass is 352 g/mol. The van der Waals surface area contributed by atoms with E-state index in [1.165, 1.54) is 18.2 Å². The minimum atomic E-state index is -0.525. The van der Waals surface area contributed by atoms with Gasteiger partial charge in [-0.3, -0.25) is 14.9 Å². The van der Waals surface area contributed by atoms with E-state index in [0.29, 0.717) is 22.8 Å². The second kappa shape index (κ2) is 7.47. The molecular weight excluding hydrogens is 336 g/mol. The summed E-state index contributed by atoms with van der Waals surface area (Å²) in [6, 6.07) is 15.1. The van der Waals surface area contributed by atoms with Crippen LogP contribution in [0.25, 0.3) is 0 Å². The molecule has 2 aromatic carbocycles. The van der Waals surface area contributed by atoms with Crippen LogP contribution in [0.5, 0.6) is 0 Å². The first kappa shape index (κ1) is 17.2. The summed E-state index contributed by atoms with van der Waals surface area (Å²) in [6.07, 6.45) is 0. The van der Waals surface area contributed by atoms with Crippen LogP contribution in [0.15, 0.2) is 59.1 Å². The Labute approximate surface area is 149 Å². The maximum Gasteiger partial charge on any atom is 0.293 e. The minimum Gasteiger partial charge on any atom is -0.361 e. The van der Waals surface area contributed by atoms with Gasteiger partial charge in [0.25, 0.3) is 11.6 Å². The third-order valence-electron chi connectivity index (χ3n) is 3.62. The number of aromatic nitrogens is 1. The molecule has 0 bridgehead atoms. The molecule has 0 atom stereocenters. The van der Waals surface area contributed by atoms with Crippen LogP contribution in [0.3, 0.4) is 0 Å². The number of nitrogens with zero attached hydrogens (tertiary/aromatic N) is 2. The van der Waals surface area contributed by atoms with Crippen molar-refractivity contribution in [2.24, 2.45) is 0 Å². The first-order valence-corrected chi connectivity index (χ1v) is 7.84. The number of hydrogen-bond donors (Lipinski definition) is 2. The van der Waals surface area contributed by atoms with Gasteiger partial charge in [0.05, 0.1) is 11.5 Å². The number of aryl methyl sites for hydroxylation is 1. The van der Waals surface area contributed by atoms with Crippen molar-refractivity contribution in [3.05, 3.63) is 81.7 Å². The molecule has 0 aliphatic heterocycles. The van der Waals surface area contributed by atoms with Gasteiger partial charge in [0.2, 0.25) is 0 Å². The van der Waals surface area contributed by atoms with Crippen molar-refractivity contribution in [3.8, 4) is 0 Å². The summed E-state index contributed by atoms with van der Waals surface area (Å²) in [6.45, 7) is 1.92. The van der Waals surface area contributed by atoms with Crippen molar-refractivity contribution >= 4 is 23.0 Å². The van der Waals surface area contributed by atoms with Gasteiger partial charge in [0.1, 0.15) is 17.1 Å². The molecule has 0 aliphatic carbocycles. The number of benzene rings is 2. The van der Waals surface area contributed by atoms with Crippen molar-refractivity contribution in [2.45, 2.75) is 13.5 Å². The number of rotatable bonds is 6. The molecule has 26 heavy (non-hydrogen) atoms. The van der Waals surface area contributed by atoms with Gasteiger partial charge >= 0.3 is 0 Å². The van der Waals surface area contributed by atoms with Crippen molar-refractivity contribution in [2.75, 3.05) is 5.32 Å². The minimum absolute atomic E-state index is 0.175. The molecule has 1 aromatic heterocycles. The SMILES string of the molecule is Cc1cc(CNC(=O)c2ccc(Nc3ccccc3)c([N+](=O)[O-])c2)no1. The quantitative estimate of drug-likeness (QED) is 0.518. The molecule has 8 heteroatoms. The zero-order valence-electron chi connectivity index (χ0n) is 13.9. The van der Waals surface area contributed by atoms with Gasteiger partial charge in [-0.15, -0.1) is 0 Å². The van der Waals surface area contributed by atoms with E-state index in [2.05, 4.69) is 15.8 Å². The van der Waals surface area contributed by atoms with Crippen LogP contribution in [-0.4, -0.2) is 16.0 Å². The summed E-state index contributed by atoms with van der Waals surface area (Å²) in [5, 5.41) is 20.8. The van der Waals surface area contributed by atoms with Gasteiger partial charge in [0.15, 0.2) is 0 Å². The lowest BCUT2D eigenvalue weighted by Gasteiger charge is -2.09. The lowest BCUT2D eigenvalue weighted by Crippen LogP contribution is -2.23. The predicted octanol–water partition coefficient (Wildman–Crippen LogP) is 3.56. The largest absolute Gasteiger partial charge is 0.361 e. The van der Waals surface area contributed by atoms with E-state index in [0.717, 1.165) is 0 Å². The Bertz CT molecular complexity index is 937. The van der Waals surface area contributed by atoms with Crippen LogP contribution >= 0.6 is 0 Å². The third kappa shape index (κ3) is 4.04. The summed E-state index contributed by atoms with van der Waals surface area (Å²) in [7, 11) is 0. The smallest absolute Gasteiger partial charge is 0.293 e. The Balaban J connectivity index is 1.77. The van der Waals surface area contributed by atoms with Gasteiger partial charge in [-0.1, -0.05) is 23.4 Å². The van der Waals surface area contributed by atoms with E-state index in [9.17, 15) is 14.9 Å². The highest BCUT2D eigenvalue weighted by Gasteiger charge is 2.18. The van der Waals surface area contributed by atoms with Crippen molar-refractivity contribution in [1.82, 2.24) is 10.5 Å². The molecule has 1 amide bonds. The van der Waals surface area contributed by atoms with Crippen molar-refractivity contribution in [1.29, 1.82) is 0 Å². The highest BCUT2D eigenvalue weighted by Crippen LogP contribution is 2.28. The second-order valence-electron chi connectivity index (χ2n) is 5.59. The summed E-state index contributed by atoms with van der Waals surface area (Å²) in [5.74, 6) is 0.209. The number of carbonyl (C=O) groups is 1. The number of amides is 1. The average molecular weight is 352 g/mol. The number of hydrogen-bond acceptors (Lipinski definition) is 6. The molecule has 1 heterocycles. The Morgan fingerprint density at radius 2 is 1.96 bits per heavy atom. The highest BCUT2D eigenvalue weighted by atomic mass is 16.6. The highest BCUT2D eigenvalue weighted by molar-refractivity contribution is 5.95. The normalized spacial score (nSPS) is 10.3. The molecule has 3 aromatic rings. The average Bonchev–Trinajstić information content (AvgIpc) is 3.06. The molecule has 0 saturated heterocycles. The standard InChI is InChI=1S/C18H16N4O4/c1-12-9-15(21-26-12)11-19-18(23)13-7-8-16(17(10-13)22(24)25)20-14-5-3-2-4-6-14/h2-10,20H,11H2,1H3,(H,19,23). The fourth-order valence-corrected chi connectivity index (χ4v) is 2.38. The van der Waals surface area contributed by atoms with E-state index in [1.54, 1.807) is 25.1 Å². The van der Waals surface area contributed by atoms with E-state index in [1.807, 2.05) is 18.2 Å². The Morgan fingerprint density at radius 3 is 2.62 bits per heavy atom. The molecular formula is C18H16N4O4. The third-order valence-corrected chi connectivity index (χ3v) is 3.62. The molecule has 0 saturated carbocycles. The predicted molar refractivity (Wildman–Crippen MR) is 95.2 cm³/mol. The van der Waals surface area contributed by atoms with E-state index in [4.69, 9.17) is 4.52 Å². The Hall–Kier alpha value is -3.68. The number of anilines is 2. The summed E-state index contributed by atoms with van der Waals surface area (Å²) in [5.41, 5.74) is 1.61. The fourth-order valence-electron chi connectivity index (χ4n) is 2.38. The lowest BCUT2D eigenvalue weighted by atomic mass is 10.1. The molecule has 8 nitrogen and oxygen atoms in total. The number of nitro groups is 1. The topological polar surface area (TPSA) is 110 Å². The zero-order chi connectivity index (χ0) is 18.5. The second-order valence-corrected chi connectivity index (χ2v) is 5.59. The maximum atomic E-state index is 12.3.